The fourth-order valence-corrected chi connectivity index (χ4v) is 1.19. The largest absolute Gasteiger partial charge is 0.508 e. The van der Waals surface area contributed by atoms with Crippen molar-refractivity contribution in [2.24, 2.45) is 0 Å². The van der Waals surface area contributed by atoms with E-state index < -0.39 is 17.8 Å². The van der Waals surface area contributed by atoms with Crippen LogP contribution >= 0.6 is 11.8 Å². The lowest BCUT2D eigenvalue weighted by Crippen LogP contribution is -2.38. The fourth-order valence-electron chi connectivity index (χ4n) is 1.00. The Bertz CT molecular complexity index is 376. The minimum Gasteiger partial charge on any atom is -0.508 e. The molecule has 0 aliphatic heterocycles. The number of ketones is 1. The zero-order valence-electron chi connectivity index (χ0n) is 7.48. The van der Waals surface area contributed by atoms with E-state index in [4.69, 9.17) is 22.0 Å². The highest BCUT2D eigenvalue weighted by molar-refractivity contribution is 6.21. The first kappa shape index (κ1) is 11.5. The quantitative estimate of drug-likeness (QED) is 0.403. The molecular weight excluding hydrogens is 222 g/mol. The van der Waals surface area contributed by atoms with Gasteiger partial charge < -0.3 is 10.2 Å². The first-order valence-electron chi connectivity index (χ1n) is 3.98. The van der Waals surface area contributed by atoms with Gasteiger partial charge in [-0.25, -0.2) is 9.63 Å². The molecule has 0 heterocycles. The Morgan fingerprint density at radius 3 is 2.20 bits per heavy atom. The van der Waals surface area contributed by atoms with Crippen molar-refractivity contribution in [3.05, 3.63) is 29.8 Å². The van der Waals surface area contributed by atoms with Crippen LogP contribution in [0.5, 0.6) is 5.75 Å². The molecule has 0 aliphatic carbocycles. The summed E-state index contributed by atoms with van der Waals surface area (Å²) in [5, 5.41) is 17.6. The van der Waals surface area contributed by atoms with Crippen LogP contribution in [0.25, 0.3) is 0 Å². The van der Waals surface area contributed by atoms with Gasteiger partial charge in [0.1, 0.15) is 5.75 Å². The molecule has 0 radical (unpaired) electrons. The lowest BCUT2D eigenvalue weighted by Gasteiger charge is -2.08. The number of aromatic hydroxyl groups is 1. The van der Waals surface area contributed by atoms with Gasteiger partial charge >= 0.3 is 5.97 Å². The first-order valence-corrected chi connectivity index (χ1v) is 4.36. The molecule has 3 N–H and O–H groups in total. The monoisotopic (exact) mass is 229 g/mol. The lowest BCUT2D eigenvalue weighted by atomic mass is 10.1. The number of phenols is 1. The number of halogens is 1. The Morgan fingerprint density at radius 1 is 1.27 bits per heavy atom. The van der Waals surface area contributed by atoms with E-state index in [0.29, 0.717) is 0 Å². The number of phenolic OH excluding ortho intramolecular Hbond substituents is 1. The van der Waals surface area contributed by atoms with Crippen molar-refractivity contribution in [1.29, 1.82) is 0 Å². The summed E-state index contributed by atoms with van der Waals surface area (Å²) in [5.74, 6) is -2.03. The van der Waals surface area contributed by atoms with Gasteiger partial charge in [0, 0.05) is 5.56 Å². The third kappa shape index (κ3) is 2.68. The first-order chi connectivity index (χ1) is 7.06. The minimum absolute atomic E-state index is 0.00254. The van der Waals surface area contributed by atoms with Gasteiger partial charge in [-0.1, -0.05) is 0 Å². The Balaban J connectivity index is 2.93. The SMILES string of the molecule is O=C(O)[C@@H](NCl)C(=O)c1ccc(O)cc1. The number of aliphatic carboxylic acids is 1. The molecule has 1 aromatic carbocycles. The zero-order valence-corrected chi connectivity index (χ0v) is 8.23. The van der Waals surface area contributed by atoms with Crippen LogP contribution in [-0.4, -0.2) is 28.0 Å². The van der Waals surface area contributed by atoms with Crippen molar-refractivity contribution < 1.29 is 19.8 Å². The Hall–Kier alpha value is -1.59. The van der Waals surface area contributed by atoms with E-state index in [1.54, 1.807) is 0 Å². The molecule has 0 bridgehead atoms. The number of Topliss-reactive ketones (excluding diaryl/α,β-unsaturated/α-hetero) is 1. The molecule has 0 saturated heterocycles. The fraction of sp³-hybridized carbons (Fsp3) is 0.111. The summed E-state index contributed by atoms with van der Waals surface area (Å²) in [6.07, 6.45) is 0. The van der Waals surface area contributed by atoms with Gasteiger partial charge in [0.15, 0.2) is 11.8 Å². The summed E-state index contributed by atoms with van der Waals surface area (Å²) < 4.78 is 0. The maximum atomic E-state index is 11.5. The van der Waals surface area contributed by atoms with Gasteiger partial charge in [0.2, 0.25) is 0 Å². The number of carboxylic acid groups (broad SMARTS) is 1. The topological polar surface area (TPSA) is 86.6 Å². The van der Waals surface area contributed by atoms with Gasteiger partial charge in [0.25, 0.3) is 0 Å². The molecule has 1 atom stereocenters. The Kier molecular flexibility index (Phi) is 3.65. The third-order valence-corrected chi connectivity index (χ3v) is 1.99. The number of nitrogens with one attached hydrogen (secondary N) is 1. The molecule has 15 heavy (non-hydrogen) atoms. The summed E-state index contributed by atoms with van der Waals surface area (Å²) >= 11 is 5.14. The minimum atomic E-state index is -1.49. The number of hydrogen-bond donors (Lipinski definition) is 3. The van der Waals surface area contributed by atoms with E-state index in [2.05, 4.69) is 0 Å². The van der Waals surface area contributed by atoms with Crippen molar-refractivity contribution in [2.75, 3.05) is 0 Å². The maximum absolute atomic E-state index is 11.5. The predicted molar refractivity (Wildman–Crippen MR) is 52.8 cm³/mol. The number of hydrogen-bond acceptors (Lipinski definition) is 4. The third-order valence-electron chi connectivity index (χ3n) is 1.77. The average Bonchev–Trinajstić information content (AvgIpc) is 2.19. The summed E-state index contributed by atoms with van der Waals surface area (Å²) in [6.45, 7) is 0. The molecule has 0 aromatic heterocycles. The van der Waals surface area contributed by atoms with E-state index in [0.717, 1.165) is 0 Å². The number of carbonyl (C=O) groups excluding carboxylic acids is 1. The second-order valence-electron chi connectivity index (χ2n) is 2.79. The average molecular weight is 230 g/mol. The van der Waals surface area contributed by atoms with Crippen LogP contribution < -0.4 is 4.84 Å². The number of carbonyl (C=O) groups is 2. The summed E-state index contributed by atoms with van der Waals surface area (Å²) in [5.41, 5.74) is 0.161. The molecule has 0 spiro atoms. The number of benzene rings is 1. The van der Waals surface area contributed by atoms with Crippen LogP contribution in [0.2, 0.25) is 0 Å². The van der Waals surface area contributed by atoms with Crippen molar-refractivity contribution in [1.82, 2.24) is 4.84 Å². The van der Waals surface area contributed by atoms with E-state index >= 15 is 0 Å². The van der Waals surface area contributed by atoms with Gasteiger partial charge in [-0.3, -0.25) is 4.79 Å². The number of rotatable bonds is 4. The summed E-state index contributed by atoms with van der Waals surface area (Å²) in [6, 6.07) is 3.74. The molecule has 0 unspecified atom stereocenters. The van der Waals surface area contributed by atoms with Crippen LogP contribution in [0, 0.1) is 0 Å². The Morgan fingerprint density at radius 2 is 1.80 bits per heavy atom. The molecule has 1 aromatic rings. The van der Waals surface area contributed by atoms with Crippen LogP contribution in [0.15, 0.2) is 24.3 Å². The molecule has 0 aliphatic rings. The van der Waals surface area contributed by atoms with E-state index in [1.165, 1.54) is 24.3 Å². The van der Waals surface area contributed by atoms with Crippen LogP contribution in [0.3, 0.4) is 0 Å². The normalized spacial score (nSPS) is 12.1. The molecule has 0 amide bonds. The highest BCUT2D eigenvalue weighted by Gasteiger charge is 2.26. The molecule has 0 fully saturated rings. The van der Waals surface area contributed by atoms with Crippen molar-refractivity contribution in [2.45, 2.75) is 6.04 Å². The molecule has 5 nitrogen and oxygen atoms in total. The van der Waals surface area contributed by atoms with Gasteiger partial charge in [0.05, 0.1) is 0 Å². The van der Waals surface area contributed by atoms with E-state index in [1.807, 2.05) is 4.84 Å². The van der Waals surface area contributed by atoms with E-state index in [9.17, 15) is 9.59 Å². The summed E-state index contributed by atoms with van der Waals surface area (Å²) in [7, 11) is 0. The van der Waals surface area contributed by atoms with Crippen LogP contribution in [-0.2, 0) is 4.79 Å². The van der Waals surface area contributed by atoms with Crippen molar-refractivity contribution in [3.8, 4) is 5.75 Å². The van der Waals surface area contributed by atoms with Gasteiger partial charge in [-0.15, -0.1) is 0 Å². The molecule has 0 saturated carbocycles. The molecule has 1 rings (SSSR count). The molecule has 80 valence electrons. The molecular formula is C9H8ClNO4. The lowest BCUT2D eigenvalue weighted by molar-refractivity contribution is -0.137. The maximum Gasteiger partial charge on any atom is 0.330 e. The highest BCUT2D eigenvalue weighted by Crippen LogP contribution is 2.11. The van der Waals surface area contributed by atoms with Crippen molar-refractivity contribution >= 4 is 23.5 Å². The van der Waals surface area contributed by atoms with Crippen LogP contribution in [0.4, 0.5) is 0 Å². The zero-order chi connectivity index (χ0) is 11.4. The van der Waals surface area contributed by atoms with Crippen LogP contribution in [0.1, 0.15) is 10.4 Å². The van der Waals surface area contributed by atoms with Gasteiger partial charge in [-0.05, 0) is 36.0 Å². The van der Waals surface area contributed by atoms with Crippen molar-refractivity contribution in [3.63, 3.8) is 0 Å². The highest BCUT2D eigenvalue weighted by atomic mass is 35.5. The van der Waals surface area contributed by atoms with E-state index in [-0.39, 0.29) is 11.3 Å². The number of carboxylic acids is 1. The standard InChI is InChI=1S/C9H8ClNO4/c10-11-7(9(14)15)8(13)5-1-3-6(12)4-2-5/h1-4,7,11-12H,(H,14,15)/t7-/m0/s1. The predicted octanol–water partition coefficient (Wildman–Crippen LogP) is 0.771. The summed E-state index contributed by atoms with van der Waals surface area (Å²) in [4.78, 5) is 24.0. The Labute approximate surface area is 90.4 Å². The molecule has 6 heteroatoms. The second-order valence-corrected chi connectivity index (χ2v) is 3.01. The smallest absolute Gasteiger partial charge is 0.330 e. The van der Waals surface area contributed by atoms with Gasteiger partial charge in [-0.2, -0.15) is 0 Å². The second kappa shape index (κ2) is 4.77.